The van der Waals surface area contributed by atoms with Gasteiger partial charge in [0.05, 0.1) is 0 Å². The molecule has 0 aromatic rings. The molecule has 0 radical (unpaired) electrons. The Labute approximate surface area is 118 Å². The van der Waals surface area contributed by atoms with Gasteiger partial charge in [0.25, 0.3) is 0 Å². The van der Waals surface area contributed by atoms with Crippen molar-refractivity contribution in [3.63, 3.8) is 0 Å². The Hall–Kier alpha value is -0.120. The molecule has 1 saturated carbocycles. The van der Waals surface area contributed by atoms with Crippen LogP contribution in [0.3, 0.4) is 0 Å². The second-order valence-corrected chi connectivity index (χ2v) is 7.44. The molecular weight excluding hydrogens is 236 g/mol. The Bertz CT molecular complexity index is 274. The average Bonchev–Trinajstić information content (AvgIpc) is 2.36. The maximum absolute atomic E-state index is 6.49. The topological polar surface area (TPSA) is 38.5 Å². The van der Waals surface area contributed by atoms with Crippen molar-refractivity contribution in [3.05, 3.63) is 0 Å². The van der Waals surface area contributed by atoms with Crippen molar-refractivity contribution in [2.75, 3.05) is 33.4 Å². The molecule has 2 aliphatic rings. The summed E-state index contributed by atoms with van der Waals surface area (Å²) in [6.45, 7) is 8.96. The summed E-state index contributed by atoms with van der Waals surface area (Å²) >= 11 is 0. The van der Waals surface area contributed by atoms with Gasteiger partial charge in [0.15, 0.2) is 0 Å². The molecule has 0 amide bonds. The van der Waals surface area contributed by atoms with Crippen LogP contribution in [0.2, 0.25) is 0 Å². The third kappa shape index (κ3) is 4.17. The Morgan fingerprint density at radius 1 is 1.16 bits per heavy atom. The molecule has 0 aromatic heterocycles. The van der Waals surface area contributed by atoms with Gasteiger partial charge in [0.2, 0.25) is 0 Å². The average molecular weight is 268 g/mol. The molecule has 19 heavy (non-hydrogen) atoms. The summed E-state index contributed by atoms with van der Waals surface area (Å²) in [6, 6.07) is 0.360. The first-order chi connectivity index (χ1) is 8.99. The zero-order valence-electron chi connectivity index (χ0n) is 13.0. The highest BCUT2D eigenvalue weighted by Crippen LogP contribution is 2.38. The standard InChI is InChI=1S/C16H32N2O/c1-16(2)8-4-5-14(15(16)17)12-18(3)11-13-6-9-19-10-7-13/h13-15H,4-12,17H2,1-3H3. The van der Waals surface area contributed by atoms with Crippen molar-refractivity contribution < 1.29 is 4.74 Å². The number of rotatable bonds is 4. The summed E-state index contributed by atoms with van der Waals surface area (Å²) in [6.07, 6.45) is 6.40. The van der Waals surface area contributed by atoms with Crippen LogP contribution in [-0.2, 0) is 4.74 Å². The molecule has 1 aliphatic heterocycles. The highest BCUT2D eigenvalue weighted by atomic mass is 16.5. The fourth-order valence-electron chi connectivity index (χ4n) is 3.85. The Balaban J connectivity index is 1.79. The second-order valence-electron chi connectivity index (χ2n) is 7.44. The van der Waals surface area contributed by atoms with E-state index in [1.165, 1.54) is 45.2 Å². The van der Waals surface area contributed by atoms with Crippen molar-refractivity contribution in [2.45, 2.75) is 52.0 Å². The van der Waals surface area contributed by atoms with Gasteiger partial charge in [-0.2, -0.15) is 0 Å². The first-order valence-corrected chi connectivity index (χ1v) is 8.01. The lowest BCUT2D eigenvalue weighted by Gasteiger charge is -2.43. The predicted molar refractivity (Wildman–Crippen MR) is 80.1 cm³/mol. The largest absolute Gasteiger partial charge is 0.381 e. The first kappa shape index (κ1) is 15.3. The summed E-state index contributed by atoms with van der Waals surface area (Å²) in [5, 5.41) is 0. The van der Waals surface area contributed by atoms with E-state index in [-0.39, 0.29) is 0 Å². The van der Waals surface area contributed by atoms with E-state index in [9.17, 15) is 0 Å². The summed E-state index contributed by atoms with van der Waals surface area (Å²) in [7, 11) is 2.27. The van der Waals surface area contributed by atoms with Gasteiger partial charge < -0.3 is 15.4 Å². The number of hydrogen-bond donors (Lipinski definition) is 1. The van der Waals surface area contributed by atoms with Crippen molar-refractivity contribution in [1.29, 1.82) is 0 Å². The highest BCUT2D eigenvalue weighted by molar-refractivity contribution is 4.92. The smallest absolute Gasteiger partial charge is 0.0469 e. The molecule has 3 nitrogen and oxygen atoms in total. The van der Waals surface area contributed by atoms with Gasteiger partial charge >= 0.3 is 0 Å². The molecular formula is C16H32N2O. The Morgan fingerprint density at radius 2 is 1.84 bits per heavy atom. The zero-order valence-corrected chi connectivity index (χ0v) is 13.0. The van der Waals surface area contributed by atoms with Gasteiger partial charge in [-0.25, -0.2) is 0 Å². The van der Waals surface area contributed by atoms with Crippen molar-refractivity contribution in [1.82, 2.24) is 4.90 Å². The van der Waals surface area contributed by atoms with Gasteiger partial charge in [0, 0.05) is 32.3 Å². The molecule has 2 fully saturated rings. The minimum Gasteiger partial charge on any atom is -0.381 e. The molecule has 1 heterocycles. The van der Waals surface area contributed by atoms with E-state index in [0.29, 0.717) is 17.4 Å². The van der Waals surface area contributed by atoms with Crippen LogP contribution in [-0.4, -0.2) is 44.3 Å². The molecule has 1 aliphatic carbocycles. The molecule has 2 N–H and O–H groups in total. The van der Waals surface area contributed by atoms with Gasteiger partial charge in [0.1, 0.15) is 0 Å². The normalized spacial score (nSPS) is 32.7. The van der Waals surface area contributed by atoms with Gasteiger partial charge in [-0.3, -0.25) is 0 Å². The highest BCUT2D eigenvalue weighted by Gasteiger charge is 2.36. The fourth-order valence-corrected chi connectivity index (χ4v) is 3.85. The monoisotopic (exact) mass is 268 g/mol. The van der Waals surface area contributed by atoms with Crippen molar-refractivity contribution >= 4 is 0 Å². The van der Waals surface area contributed by atoms with Crippen LogP contribution < -0.4 is 5.73 Å². The minimum absolute atomic E-state index is 0.322. The summed E-state index contributed by atoms with van der Waals surface area (Å²) in [5.74, 6) is 1.50. The lowest BCUT2D eigenvalue weighted by Crippen LogP contribution is -2.50. The van der Waals surface area contributed by atoms with Gasteiger partial charge in [-0.15, -0.1) is 0 Å². The van der Waals surface area contributed by atoms with Crippen LogP contribution in [0, 0.1) is 17.3 Å². The molecule has 2 unspecified atom stereocenters. The van der Waals surface area contributed by atoms with Gasteiger partial charge in [-0.1, -0.05) is 20.3 Å². The summed E-state index contributed by atoms with van der Waals surface area (Å²) in [5.41, 5.74) is 6.81. The number of nitrogens with two attached hydrogens (primary N) is 1. The van der Waals surface area contributed by atoms with E-state index in [1.54, 1.807) is 0 Å². The Kier molecular flexibility index (Phi) is 5.27. The number of nitrogens with zero attached hydrogens (tertiary/aromatic N) is 1. The lowest BCUT2D eigenvalue weighted by molar-refractivity contribution is 0.0484. The fraction of sp³-hybridized carbons (Fsp3) is 1.00. The molecule has 2 rings (SSSR count). The third-order valence-corrected chi connectivity index (χ3v) is 5.26. The van der Waals surface area contributed by atoms with Crippen molar-refractivity contribution in [3.8, 4) is 0 Å². The van der Waals surface area contributed by atoms with Crippen LogP contribution >= 0.6 is 0 Å². The van der Waals surface area contributed by atoms with E-state index in [4.69, 9.17) is 10.5 Å². The molecule has 0 spiro atoms. The quantitative estimate of drug-likeness (QED) is 0.851. The van der Waals surface area contributed by atoms with Crippen LogP contribution in [0.4, 0.5) is 0 Å². The Morgan fingerprint density at radius 3 is 2.53 bits per heavy atom. The predicted octanol–water partition coefficient (Wildman–Crippen LogP) is 2.50. The minimum atomic E-state index is 0.322. The first-order valence-electron chi connectivity index (χ1n) is 8.01. The van der Waals surface area contributed by atoms with Crippen LogP contribution in [0.25, 0.3) is 0 Å². The lowest BCUT2D eigenvalue weighted by atomic mass is 9.68. The van der Waals surface area contributed by atoms with Crippen LogP contribution in [0.15, 0.2) is 0 Å². The summed E-state index contributed by atoms with van der Waals surface area (Å²) in [4.78, 5) is 2.52. The molecule has 3 heteroatoms. The van der Waals surface area contributed by atoms with E-state index in [0.717, 1.165) is 19.1 Å². The van der Waals surface area contributed by atoms with Crippen molar-refractivity contribution in [2.24, 2.45) is 23.0 Å². The third-order valence-electron chi connectivity index (χ3n) is 5.26. The zero-order chi connectivity index (χ0) is 13.9. The van der Waals surface area contributed by atoms with Gasteiger partial charge in [-0.05, 0) is 50.0 Å². The molecule has 0 bridgehead atoms. The van der Waals surface area contributed by atoms with E-state index >= 15 is 0 Å². The van der Waals surface area contributed by atoms with E-state index < -0.39 is 0 Å². The maximum atomic E-state index is 6.49. The summed E-state index contributed by atoms with van der Waals surface area (Å²) < 4.78 is 5.44. The molecule has 2 atom stereocenters. The van der Waals surface area contributed by atoms with E-state index in [1.807, 2.05) is 0 Å². The second kappa shape index (κ2) is 6.55. The number of hydrogen-bond acceptors (Lipinski definition) is 3. The van der Waals surface area contributed by atoms with Crippen LogP contribution in [0.5, 0.6) is 0 Å². The number of ether oxygens (including phenoxy) is 1. The SMILES string of the molecule is CN(CC1CCOCC1)CC1CCCC(C)(C)C1N. The molecule has 112 valence electrons. The maximum Gasteiger partial charge on any atom is 0.0469 e. The van der Waals surface area contributed by atoms with Crippen LogP contribution in [0.1, 0.15) is 46.0 Å². The molecule has 0 aromatic carbocycles. The van der Waals surface area contributed by atoms with E-state index in [2.05, 4.69) is 25.8 Å². The molecule has 1 saturated heterocycles.